The average Bonchev–Trinajstić information content (AvgIpc) is 3.33. The molecule has 0 aliphatic heterocycles. The van der Waals surface area contributed by atoms with E-state index in [4.69, 9.17) is 23.1 Å². The number of anilines is 1. The first-order chi connectivity index (χ1) is 15.4. The molecule has 0 bridgehead atoms. The summed E-state index contributed by atoms with van der Waals surface area (Å²) in [5, 5.41) is 6.84. The molecule has 0 spiro atoms. The van der Waals surface area contributed by atoms with Crippen LogP contribution in [0.1, 0.15) is 23.0 Å². The Morgan fingerprint density at radius 2 is 1.97 bits per heavy atom. The zero-order valence-electron chi connectivity index (χ0n) is 17.0. The molecule has 5 rings (SSSR count). The normalized spacial score (nSPS) is 10.8. The molecular weight excluding hydrogens is 448 g/mol. The van der Waals surface area contributed by atoms with Crippen molar-refractivity contribution < 1.29 is 4.79 Å². The number of fused-ring (bicyclic) bond motifs is 2. The summed E-state index contributed by atoms with van der Waals surface area (Å²) in [7, 11) is 0. The van der Waals surface area contributed by atoms with Crippen molar-refractivity contribution in [3.05, 3.63) is 86.9 Å². The molecule has 0 aliphatic carbocycles. The summed E-state index contributed by atoms with van der Waals surface area (Å²) in [6.45, 7) is 2.05. The third kappa shape index (κ3) is 3.83. The number of nitrogens with two attached hydrogens (primary N) is 2. The fraction of sp³-hybridized carbons (Fsp3) is 0.0909. The lowest BCUT2D eigenvalue weighted by Crippen LogP contribution is -2.21. The van der Waals surface area contributed by atoms with E-state index in [-0.39, 0.29) is 16.9 Å². The number of para-hydroxylation sites is 1. The number of carbonyl (C=O) groups excluding carboxylic acids is 1. The van der Waals surface area contributed by atoms with E-state index < -0.39 is 5.91 Å². The Balaban J connectivity index is 0.000000165. The molecular formula is C22H19ClN6O2S. The van der Waals surface area contributed by atoms with Crippen LogP contribution in [0, 0.1) is 0 Å². The minimum atomic E-state index is -0.619. The number of pyridine rings is 1. The molecule has 5 aromatic rings. The van der Waals surface area contributed by atoms with Gasteiger partial charge in [0.2, 0.25) is 0 Å². The molecule has 0 aliphatic rings. The Bertz CT molecular complexity index is 1490. The van der Waals surface area contributed by atoms with Gasteiger partial charge in [-0.15, -0.1) is 16.4 Å². The van der Waals surface area contributed by atoms with Crippen LogP contribution < -0.4 is 17.0 Å². The highest BCUT2D eigenvalue weighted by molar-refractivity contribution is 7.17. The highest BCUT2D eigenvalue weighted by atomic mass is 35.5. The predicted octanol–water partition coefficient (Wildman–Crippen LogP) is 3.68. The minimum absolute atomic E-state index is 0.0354. The number of aromatic nitrogens is 4. The van der Waals surface area contributed by atoms with Gasteiger partial charge in [-0.25, -0.2) is 9.50 Å². The lowest BCUT2D eigenvalue weighted by molar-refractivity contribution is 0.100. The van der Waals surface area contributed by atoms with Crippen LogP contribution >= 0.6 is 22.9 Å². The Kier molecular flexibility index (Phi) is 5.93. The number of aryl methyl sites for hydroxylation is 1. The summed E-state index contributed by atoms with van der Waals surface area (Å²) in [6, 6.07) is 13.4. The van der Waals surface area contributed by atoms with Crippen LogP contribution in [-0.2, 0) is 6.42 Å². The van der Waals surface area contributed by atoms with Gasteiger partial charge in [0, 0.05) is 33.9 Å². The first kappa shape index (κ1) is 21.5. The Morgan fingerprint density at radius 1 is 1.22 bits per heavy atom. The lowest BCUT2D eigenvalue weighted by atomic mass is 10.2. The highest BCUT2D eigenvalue weighted by Gasteiger charge is 2.15. The monoisotopic (exact) mass is 466 g/mol. The summed E-state index contributed by atoms with van der Waals surface area (Å²) < 4.78 is 4.12. The van der Waals surface area contributed by atoms with E-state index in [1.807, 2.05) is 35.7 Å². The van der Waals surface area contributed by atoms with Crippen LogP contribution in [0.15, 0.2) is 65.0 Å². The number of hydrogen-bond donors (Lipinski definition) is 2. The van der Waals surface area contributed by atoms with Crippen molar-refractivity contribution in [1.29, 1.82) is 0 Å². The van der Waals surface area contributed by atoms with Gasteiger partial charge in [0.25, 0.3) is 11.5 Å². The van der Waals surface area contributed by atoms with Crippen LogP contribution in [0.25, 0.3) is 21.4 Å². The van der Waals surface area contributed by atoms with Gasteiger partial charge in [-0.1, -0.05) is 36.7 Å². The average molecular weight is 467 g/mol. The van der Waals surface area contributed by atoms with E-state index in [9.17, 15) is 9.59 Å². The molecule has 162 valence electrons. The quantitative estimate of drug-likeness (QED) is 0.420. The number of thiophene rings is 1. The number of nitrogens with zero attached hydrogens (tertiary/aromatic N) is 4. The molecule has 4 aromatic heterocycles. The second-order valence-electron chi connectivity index (χ2n) is 6.80. The fourth-order valence-corrected chi connectivity index (χ4v) is 4.62. The SMILES string of the molecule is CCc1cc2scc(Cl)c2c(=O)n1-c1ccccc1.NC(=O)c1c(N)nn2cccnc12. The fourth-order valence-electron chi connectivity index (χ4n) is 3.38. The molecule has 0 atom stereocenters. The highest BCUT2D eigenvalue weighted by Crippen LogP contribution is 2.28. The van der Waals surface area contributed by atoms with Crippen molar-refractivity contribution in [1.82, 2.24) is 19.2 Å². The van der Waals surface area contributed by atoms with Crippen LogP contribution in [-0.4, -0.2) is 25.1 Å². The molecule has 0 fully saturated rings. The van der Waals surface area contributed by atoms with E-state index in [0.29, 0.717) is 16.1 Å². The van der Waals surface area contributed by atoms with E-state index in [1.54, 1.807) is 23.0 Å². The van der Waals surface area contributed by atoms with Gasteiger partial charge in [0.15, 0.2) is 11.5 Å². The molecule has 0 saturated heterocycles. The number of rotatable bonds is 3. The third-order valence-electron chi connectivity index (χ3n) is 4.82. The van der Waals surface area contributed by atoms with E-state index >= 15 is 0 Å². The van der Waals surface area contributed by atoms with Gasteiger partial charge in [-0.3, -0.25) is 14.2 Å². The molecule has 0 unspecified atom stereocenters. The maximum absolute atomic E-state index is 12.7. The molecule has 4 N–H and O–H groups in total. The minimum Gasteiger partial charge on any atom is -0.381 e. The molecule has 32 heavy (non-hydrogen) atoms. The summed E-state index contributed by atoms with van der Waals surface area (Å²) in [6.07, 6.45) is 3.99. The molecule has 1 aromatic carbocycles. The summed E-state index contributed by atoms with van der Waals surface area (Å²) in [5.41, 5.74) is 13.0. The van der Waals surface area contributed by atoms with E-state index in [2.05, 4.69) is 23.1 Å². The van der Waals surface area contributed by atoms with Crippen LogP contribution in [0.4, 0.5) is 5.82 Å². The van der Waals surface area contributed by atoms with Gasteiger partial charge >= 0.3 is 0 Å². The Morgan fingerprint density at radius 3 is 2.66 bits per heavy atom. The van der Waals surface area contributed by atoms with Gasteiger partial charge < -0.3 is 11.5 Å². The molecule has 0 saturated carbocycles. The van der Waals surface area contributed by atoms with Gasteiger partial charge in [0.05, 0.1) is 10.4 Å². The number of amides is 1. The standard InChI is InChI=1S/C15H12ClNOS.C7H7N5O/c1-2-10-8-13-14(12(16)9-19-13)15(18)17(10)11-6-4-3-5-7-11;8-5-4(6(9)13)7-10-2-1-3-12(7)11-5/h3-9H,2H2,1H3;1-3H,(H2,8,11)(H2,9,13). The summed E-state index contributed by atoms with van der Waals surface area (Å²) >= 11 is 7.65. The lowest BCUT2D eigenvalue weighted by Gasteiger charge is -2.12. The molecule has 4 heterocycles. The zero-order chi connectivity index (χ0) is 22.8. The van der Waals surface area contributed by atoms with Gasteiger partial charge in [-0.2, -0.15) is 0 Å². The second kappa shape index (κ2) is 8.81. The maximum Gasteiger partial charge on any atom is 0.265 e. The first-order valence-electron chi connectivity index (χ1n) is 9.68. The molecule has 10 heteroatoms. The van der Waals surface area contributed by atoms with E-state index in [0.717, 1.165) is 22.5 Å². The van der Waals surface area contributed by atoms with Gasteiger partial charge in [0.1, 0.15) is 5.56 Å². The number of hydrogen-bond acceptors (Lipinski definition) is 6. The molecule has 0 radical (unpaired) electrons. The number of nitrogen functional groups attached to an aromatic ring is 1. The number of benzene rings is 1. The van der Waals surface area contributed by atoms with Crippen molar-refractivity contribution in [2.24, 2.45) is 5.73 Å². The number of halogens is 1. The van der Waals surface area contributed by atoms with Crippen molar-refractivity contribution in [2.75, 3.05) is 5.73 Å². The third-order valence-corrected chi connectivity index (χ3v) is 6.18. The number of carbonyl (C=O) groups is 1. The maximum atomic E-state index is 12.7. The predicted molar refractivity (Wildman–Crippen MR) is 128 cm³/mol. The van der Waals surface area contributed by atoms with Crippen molar-refractivity contribution >= 4 is 50.4 Å². The Labute approximate surface area is 191 Å². The topological polar surface area (TPSA) is 121 Å². The van der Waals surface area contributed by atoms with Crippen molar-refractivity contribution in [2.45, 2.75) is 13.3 Å². The summed E-state index contributed by atoms with van der Waals surface area (Å²) in [5.74, 6) is -0.516. The second-order valence-corrected chi connectivity index (χ2v) is 8.12. The van der Waals surface area contributed by atoms with Crippen LogP contribution in [0.2, 0.25) is 5.02 Å². The van der Waals surface area contributed by atoms with E-state index in [1.165, 1.54) is 15.9 Å². The van der Waals surface area contributed by atoms with Gasteiger partial charge in [-0.05, 0) is 30.7 Å². The smallest absolute Gasteiger partial charge is 0.265 e. The molecule has 1 amide bonds. The van der Waals surface area contributed by atoms with Crippen molar-refractivity contribution in [3.8, 4) is 5.69 Å². The molecule has 8 nitrogen and oxygen atoms in total. The zero-order valence-corrected chi connectivity index (χ0v) is 18.6. The van der Waals surface area contributed by atoms with Crippen molar-refractivity contribution in [3.63, 3.8) is 0 Å². The first-order valence-corrected chi connectivity index (χ1v) is 10.9. The summed E-state index contributed by atoms with van der Waals surface area (Å²) in [4.78, 5) is 27.6. The van der Waals surface area contributed by atoms with Crippen LogP contribution in [0.3, 0.4) is 0 Å². The number of primary amides is 1. The Hall–Kier alpha value is -3.69. The largest absolute Gasteiger partial charge is 0.381 e. The van der Waals surface area contributed by atoms with Crippen LogP contribution in [0.5, 0.6) is 0 Å².